The topological polar surface area (TPSA) is 38.7 Å². The molecule has 1 aromatic carbocycles. The zero-order valence-electron chi connectivity index (χ0n) is 19.8. The molecule has 3 aliphatic rings. The summed E-state index contributed by atoms with van der Waals surface area (Å²) in [4.78, 5) is 19.9. The summed E-state index contributed by atoms with van der Waals surface area (Å²) in [5, 5.41) is 0. The van der Waals surface area contributed by atoms with Crippen LogP contribution in [0.5, 0.6) is 0 Å². The van der Waals surface area contributed by atoms with Crippen molar-refractivity contribution in [1.29, 1.82) is 0 Å². The van der Waals surface area contributed by atoms with Gasteiger partial charge in [0.1, 0.15) is 5.82 Å². The molecule has 0 unspecified atom stereocenters. The summed E-state index contributed by atoms with van der Waals surface area (Å²) < 4.78 is 0. The molecule has 0 atom stereocenters. The number of rotatable bonds is 5. The van der Waals surface area contributed by atoms with Crippen molar-refractivity contribution in [1.82, 2.24) is 19.8 Å². The third-order valence-corrected chi connectivity index (χ3v) is 7.43. The Bertz CT molecular complexity index is 885. The van der Waals surface area contributed by atoms with Crippen LogP contribution in [0.1, 0.15) is 48.9 Å². The van der Waals surface area contributed by atoms with Gasteiger partial charge in [0.2, 0.25) is 5.95 Å². The van der Waals surface area contributed by atoms with E-state index >= 15 is 0 Å². The fourth-order valence-electron chi connectivity index (χ4n) is 5.62. The minimum atomic E-state index is 0.763. The first-order valence-corrected chi connectivity index (χ1v) is 12.5. The number of benzene rings is 1. The zero-order chi connectivity index (χ0) is 21.9. The molecule has 2 aromatic rings. The Morgan fingerprint density at radius 3 is 2.38 bits per heavy atom. The van der Waals surface area contributed by atoms with Gasteiger partial charge in [0.05, 0.1) is 5.69 Å². The van der Waals surface area contributed by atoms with Crippen LogP contribution in [0.25, 0.3) is 0 Å². The zero-order valence-corrected chi connectivity index (χ0v) is 19.8. The molecule has 6 nitrogen and oxygen atoms in total. The third kappa shape index (κ3) is 4.76. The minimum Gasteiger partial charge on any atom is -0.356 e. The van der Waals surface area contributed by atoms with E-state index in [0.717, 1.165) is 51.1 Å². The van der Waals surface area contributed by atoms with Crippen molar-refractivity contribution in [2.45, 2.75) is 57.7 Å². The van der Waals surface area contributed by atoms with Gasteiger partial charge in [0.25, 0.3) is 0 Å². The van der Waals surface area contributed by atoms with E-state index in [2.05, 4.69) is 64.0 Å². The fourth-order valence-corrected chi connectivity index (χ4v) is 5.62. The van der Waals surface area contributed by atoms with Crippen molar-refractivity contribution in [3.8, 4) is 0 Å². The molecule has 4 heterocycles. The highest BCUT2D eigenvalue weighted by Crippen LogP contribution is 2.32. The first-order valence-electron chi connectivity index (χ1n) is 12.5. The highest BCUT2D eigenvalue weighted by atomic mass is 15.3. The van der Waals surface area contributed by atoms with Gasteiger partial charge in [-0.05, 0) is 50.8 Å². The largest absolute Gasteiger partial charge is 0.356 e. The number of hydrogen-bond donors (Lipinski definition) is 0. The van der Waals surface area contributed by atoms with Crippen LogP contribution in [-0.2, 0) is 19.5 Å². The predicted molar refractivity (Wildman–Crippen MR) is 131 cm³/mol. The van der Waals surface area contributed by atoms with Crippen molar-refractivity contribution < 1.29 is 0 Å². The Balaban J connectivity index is 1.32. The van der Waals surface area contributed by atoms with E-state index in [1.165, 1.54) is 67.8 Å². The van der Waals surface area contributed by atoms with E-state index in [9.17, 15) is 0 Å². The molecule has 32 heavy (non-hydrogen) atoms. The SMILES string of the molecule is CN(C)c1nc2c(c(N3CCC(N4CCCCC4)CC3)n1)CCN(Cc1ccccc1)C2. The molecule has 172 valence electrons. The summed E-state index contributed by atoms with van der Waals surface area (Å²) in [7, 11) is 4.11. The second-order valence-corrected chi connectivity index (χ2v) is 9.93. The number of anilines is 2. The van der Waals surface area contributed by atoms with E-state index in [4.69, 9.17) is 9.97 Å². The van der Waals surface area contributed by atoms with Gasteiger partial charge >= 0.3 is 0 Å². The van der Waals surface area contributed by atoms with Crippen LogP contribution in [0.3, 0.4) is 0 Å². The van der Waals surface area contributed by atoms with Crippen molar-refractivity contribution in [3.63, 3.8) is 0 Å². The van der Waals surface area contributed by atoms with E-state index in [1.807, 2.05) is 0 Å². The summed E-state index contributed by atoms with van der Waals surface area (Å²) in [5.41, 5.74) is 3.98. The molecule has 0 radical (unpaired) electrons. The van der Waals surface area contributed by atoms with Gasteiger partial charge in [0.15, 0.2) is 0 Å². The predicted octanol–water partition coefficient (Wildman–Crippen LogP) is 3.56. The lowest BCUT2D eigenvalue weighted by molar-refractivity contribution is 0.141. The minimum absolute atomic E-state index is 0.763. The van der Waals surface area contributed by atoms with E-state index < -0.39 is 0 Å². The average molecular weight is 435 g/mol. The van der Waals surface area contributed by atoms with Gasteiger partial charge in [-0.15, -0.1) is 0 Å². The molecule has 5 rings (SSSR count). The molecule has 1 aromatic heterocycles. The van der Waals surface area contributed by atoms with Gasteiger partial charge < -0.3 is 14.7 Å². The van der Waals surface area contributed by atoms with E-state index in [-0.39, 0.29) is 0 Å². The Labute approximate surface area is 193 Å². The summed E-state index contributed by atoms with van der Waals surface area (Å²) in [6.07, 6.45) is 7.73. The Morgan fingerprint density at radius 1 is 0.906 bits per heavy atom. The number of nitrogens with zero attached hydrogens (tertiary/aromatic N) is 6. The van der Waals surface area contributed by atoms with Gasteiger partial charge in [-0.2, -0.15) is 4.98 Å². The smallest absolute Gasteiger partial charge is 0.227 e. The average Bonchev–Trinajstić information content (AvgIpc) is 2.84. The summed E-state index contributed by atoms with van der Waals surface area (Å²) in [5.74, 6) is 2.05. The van der Waals surface area contributed by atoms with Crippen molar-refractivity contribution in [2.75, 3.05) is 56.6 Å². The van der Waals surface area contributed by atoms with E-state index in [0.29, 0.717) is 0 Å². The van der Waals surface area contributed by atoms with Crippen LogP contribution >= 0.6 is 0 Å². The van der Waals surface area contributed by atoms with Crippen molar-refractivity contribution >= 4 is 11.8 Å². The molecular formula is C26H38N6. The lowest BCUT2D eigenvalue weighted by atomic mass is 9.98. The molecular weight excluding hydrogens is 396 g/mol. The lowest BCUT2D eigenvalue weighted by Gasteiger charge is -2.41. The number of fused-ring (bicyclic) bond motifs is 1. The third-order valence-electron chi connectivity index (χ3n) is 7.43. The first kappa shape index (κ1) is 21.7. The quantitative estimate of drug-likeness (QED) is 0.717. The molecule has 2 saturated heterocycles. The molecule has 0 spiro atoms. The van der Waals surface area contributed by atoms with Crippen LogP contribution in [0, 0.1) is 0 Å². The summed E-state index contributed by atoms with van der Waals surface area (Å²) in [6, 6.07) is 11.6. The van der Waals surface area contributed by atoms with E-state index in [1.54, 1.807) is 0 Å². The molecule has 2 fully saturated rings. The molecule has 3 aliphatic heterocycles. The Kier molecular flexibility index (Phi) is 6.60. The maximum Gasteiger partial charge on any atom is 0.227 e. The van der Waals surface area contributed by atoms with Crippen LogP contribution in [0.2, 0.25) is 0 Å². The van der Waals surface area contributed by atoms with Crippen molar-refractivity contribution in [2.24, 2.45) is 0 Å². The maximum absolute atomic E-state index is 5.06. The van der Waals surface area contributed by atoms with Crippen LogP contribution in [0.4, 0.5) is 11.8 Å². The molecule has 0 N–H and O–H groups in total. The molecule has 0 bridgehead atoms. The lowest BCUT2D eigenvalue weighted by Crippen LogP contribution is -2.47. The number of likely N-dealkylation sites (tertiary alicyclic amines) is 1. The first-order chi connectivity index (χ1) is 15.7. The fraction of sp³-hybridized carbons (Fsp3) is 0.615. The monoisotopic (exact) mass is 434 g/mol. The van der Waals surface area contributed by atoms with Crippen LogP contribution < -0.4 is 9.80 Å². The van der Waals surface area contributed by atoms with Gasteiger partial charge in [-0.3, -0.25) is 4.90 Å². The van der Waals surface area contributed by atoms with Gasteiger partial charge in [-0.1, -0.05) is 36.8 Å². The molecule has 6 heteroatoms. The second kappa shape index (κ2) is 9.75. The standard InChI is InChI=1S/C26H38N6/c1-29(2)26-27-24-20-30(19-21-9-5-3-6-10-21)16-13-23(24)25(28-26)32-17-11-22(12-18-32)31-14-7-4-8-15-31/h3,5-6,9-10,22H,4,7-8,11-20H2,1-2H3. The molecule has 0 aliphatic carbocycles. The Morgan fingerprint density at radius 2 is 1.66 bits per heavy atom. The van der Waals surface area contributed by atoms with Gasteiger partial charge in [0, 0.05) is 58.4 Å². The highest BCUT2D eigenvalue weighted by molar-refractivity contribution is 5.54. The Hall–Kier alpha value is -2.18. The van der Waals surface area contributed by atoms with Crippen LogP contribution in [0.15, 0.2) is 30.3 Å². The highest BCUT2D eigenvalue weighted by Gasteiger charge is 2.30. The number of piperidine rings is 2. The summed E-state index contributed by atoms with van der Waals surface area (Å²) >= 11 is 0. The molecule has 0 saturated carbocycles. The van der Waals surface area contributed by atoms with Crippen molar-refractivity contribution in [3.05, 3.63) is 47.2 Å². The van der Waals surface area contributed by atoms with Gasteiger partial charge in [-0.25, -0.2) is 4.98 Å². The molecule has 0 amide bonds. The second-order valence-electron chi connectivity index (χ2n) is 9.93. The number of aromatic nitrogens is 2. The normalized spacial score (nSPS) is 20.9. The maximum atomic E-state index is 5.06. The summed E-state index contributed by atoms with van der Waals surface area (Å²) in [6.45, 7) is 7.80. The van der Waals surface area contributed by atoms with Crippen LogP contribution in [-0.4, -0.2) is 72.6 Å². The number of hydrogen-bond acceptors (Lipinski definition) is 6.